The lowest BCUT2D eigenvalue weighted by atomic mass is 9.83. The molecule has 0 bridgehead atoms. The van der Waals surface area contributed by atoms with E-state index in [-0.39, 0.29) is 0 Å². The third-order valence-electron chi connectivity index (χ3n) is 4.15. The average molecular weight is 275 g/mol. The molecule has 0 unspecified atom stereocenters. The van der Waals surface area contributed by atoms with Gasteiger partial charge in [0.1, 0.15) is 0 Å². The summed E-state index contributed by atoms with van der Waals surface area (Å²) in [7, 11) is 0. The summed E-state index contributed by atoms with van der Waals surface area (Å²) >= 11 is 1.76. The van der Waals surface area contributed by atoms with Gasteiger partial charge in [-0.3, -0.25) is 5.10 Å². The van der Waals surface area contributed by atoms with Gasteiger partial charge in [0.05, 0.1) is 16.8 Å². The van der Waals surface area contributed by atoms with Crippen LogP contribution in [0.15, 0.2) is 23.7 Å². The Balaban J connectivity index is 1.69. The standard InChI is InChI=1S/C15H21N3S/c1-15(7-3-2-4-8-15)16-10-12-11-17-18-14(12)13-6-5-9-19-13/h5-6,9,11,16H,2-4,7-8,10H2,1H3,(H,17,18). The van der Waals surface area contributed by atoms with Crippen molar-refractivity contribution in [2.45, 2.75) is 51.1 Å². The topological polar surface area (TPSA) is 40.7 Å². The Morgan fingerprint density at radius 1 is 1.37 bits per heavy atom. The molecule has 2 aromatic rings. The molecule has 1 aliphatic carbocycles. The van der Waals surface area contributed by atoms with Crippen LogP contribution in [0.1, 0.15) is 44.6 Å². The second-order valence-electron chi connectivity index (χ2n) is 5.72. The molecule has 4 heteroatoms. The molecule has 102 valence electrons. The molecule has 3 rings (SSSR count). The summed E-state index contributed by atoms with van der Waals surface area (Å²) < 4.78 is 0. The van der Waals surface area contributed by atoms with Crippen molar-refractivity contribution in [1.29, 1.82) is 0 Å². The number of aromatic amines is 1. The number of thiophene rings is 1. The highest BCUT2D eigenvalue weighted by Crippen LogP contribution is 2.29. The summed E-state index contributed by atoms with van der Waals surface area (Å²) in [4.78, 5) is 1.27. The number of H-pyrrole nitrogens is 1. The highest BCUT2D eigenvalue weighted by Gasteiger charge is 2.26. The summed E-state index contributed by atoms with van der Waals surface area (Å²) in [5, 5.41) is 13.2. The van der Waals surface area contributed by atoms with E-state index in [0.29, 0.717) is 5.54 Å². The van der Waals surface area contributed by atoms with Gasteiger partial charge in [-0.05, 0) is 31.2 Å². The van der Waals surface area contributed by atoms with Gasteiger partial charge >= 0.3 is 0 Å². The van der Waals surface area contributed by atoms with Gasteiger partial charge in [0.2, 0.25) is 0 Å². The SMILES string of the molecule is CC1(NCc2cn[nH]c2-c2cccs2)CCCCC1. The molecule has 0 aromatic carbocycles. The summed E-state index contributed by atoms with van der Waals surface area (Å²) in [5.41, 5.74) is 2.75. The summed E-state index contributed by atoms with van der Waals surface area (Å²) in [5.74, 6) is 0. The number of rotatable bonds is 4. The molecule has 2 heterocycles. The van der Waals surface area contributed by atoms with E-state index >= 15 is 0 Å². The highest BCUT2D eigenvalue weighted by molar-refractivity contribution is 7.13. The Hall–Kier alpha value is -1.13. The van der Waals surface area contributed by atoms with Crippen molar-refractivity contribution in [1.82, 2.24) is 15.5 Å². The lowest BCUT2D eigenvalue weighted by Crippen LogP contribution is -2.43. The Bertz CT molecular complexity index is 509. The van der Waals surface area contributed by atoms with Gasteiger partial charge in [0.15, 0.2) is 0 Å². The van der Waals surface area contributed by atoms with Crippen LogP contribution < -0.4 is 5.32 Å². The van der Waals surface area contributed by atoms with Crippen LogP contribution in [0, 0.1) is 0 Å². The van der Waals surface area contributed by atoms with Gasteiger partial charge in [0, 0.05) is 17.6 Å². The van der Waals surface area contributed by atoms with E-state index in [4.69, 9.17) is 0 Å². The molecule has 0 aliphatic heterocycles. The van der Waals surface area contributed by atoms with Crippen molar-refractivity contribution >= 4 is 11.3 Å². The van der Waals surface area contributed by atoms with E-state index in [9.17, 15) is 0 Å². The monoisotopic (exact) mass is 275 g/mol. The van der Waals surface area contributed by atoms with Crippen LogP contribution in [0.2, 0.25) is 0 Å². The number of nitrogens with one attached hydrogen (secondary N) is 2. The largest absolute Gasteiger partial charge is 0.307 e. The quantitative estimate of drug-likeness (QED) is 0.887. The maximum Gasteiger partial charge on any atom is 0.0794 e. The van der Waals surface area contributed by atoms with Crippen LogP contribution in [0.25, 0.3) is 10.6 Å². The fraction of sp³-hybridized carbons (Fsp3) is 0.533. The molecule has 0 saturated heterocycles. The molecule has 1 fully saturated rings. The smallest absolute Gasteiger partial charge is 0.0794 e. The Morgan fingerprint density at radius 2 is 2.21 bits per heavy atom. The number of hydrogen-bond donors (Lipinski definition) is 2. The fourth-order valence-corrected chi connectivity index (χ4v) is 3.65. The van der Waals surface area contributed by atoms with Crippen LogP contribution in [0.5, 0.6) is 0 Å². The Labute approximate surface area is 118 Å². The van der Waals surface area contributed by atoms with Crippen LogP contribution in [-0.2, 0) is 6.54 Å². The number of hydrogen-bond acceptors (Lipinski definition) is 3. The zero-order valence-electron chi connectivity index (χ0n) is 11.4. The lowest BCUT2D eigenvalue weighted by Gasteiger charge is -2.34. The first kappa shape index (κ1) is 12.9. The van der Waals surface area contributed by atoms with E-state index in [1.807, 2.05) is 6.20 Å². The van der Waals surface area contributed by atoms with E-state index in [1.165, 1.54) is 48.2 Å². The molecular formula is C15H21N3S. The minimum Gasteiger partial charge on any atom is -0.307 e. The predicted molar refractivity (Wildman–Crippen MR) is 80.2 cm³/mol. The molecule has 0 radical (unpaired) electrons. The van der Waals surface area contributed by atoms with Gasteiger partial charge < -0.3 is 5.32 Å². The average Bonchev–Trinajstić information content (AvgIpc) is 3.08. The van der Waals surface area contributed by atoms with Crippen molar-refractivity contribution in [3.63, 3.8) is 0 Å². The van der Waals surface area contributed by atoms with Crippen LogP contribution in [0.3, 0.4) is 0 Å². The second kappa shape index (κ2) is 5.47. The lowest BCUT2D eigenvalue weighted by molar-refractivity contribution is 0.252. The number of nitrogens with zero attached hydrogens (tertiary/aromatic N) is 1. The highest BCUT2D eigenvalue weighted by atomic mass is 32.1. The number of aromatic nitrogens is 2. The Morgan fingerprint density at radius 3 is 2.95 bits per heavy atom. The normalized spacial score (nSPS) is 18.6. The van der Waals surface area contributed by atoms with Crippen molar-refractivity contribution in [2.24, 2.45) is 0 Å². The molecule has 0 atom stereocenters. The zero-order valence-corrected chi connectivity index (χ0v) is 12.2. The molecule has 19 heavy (non-hydrogen) atoms. The molecule has 2 aromatic heterocycles. The molecule has 3 nitrogen and oxygen atoms in total. The van der Waals surface area contributed by atoms with Crippen LogP contribution in [-0.4, -0.2) is 15.7 Å². The van der Waals surface area contributed by atoms with Gasteiger partial charge in [-0.15, -0.1) is 11.3 Å². The molecular weight excluding hydrogens is 254 g/mol. The van der Waals surface area contributed by atoms with Gasteiger partial charge in [-0.25, -0.2) is 0 Å². The van der Waals surface area contributed by atoms with E-state index < -0.39 is 0 Å². The maximum absolute atomic E-state index is 4.21. The van der Waals surface area contributed by atoms with E-state index in [0.717, 1.165) is 6.54 Å². The van der Waals surface area contributed by atoms with Crippen molar-refractivity contribution in [3.05, 3.63) is 29.3 Å². The summed E-state index contributed by atoms with van der Waals surface area (Å²) in [6.07, 6.45) is 8.63. The van der Waals surface area contributed by atoms with Crippen LogP contribution >= 0.6 is 11.3 Å². The zero-order chi connectivity index (χ0) is 13.1. The summed E-state index contributed by atoms with van der Waals surface area (Å²) in [6.45, 7) is 3.26. The minimum absolute atomic E-state index is 0.308. The van der Waals surface area contributed by atoms with Crippen molar-refractivity contribution < 1.29 is 0 Å². The molecule has 2 N–H and O–H groups in total. The van der Waals surface area contributed by atoms with E-state index in [2.05, 4.69) is 40.0 Å². The first-order valence-electron chi connectivity index (χ1n) is 7.08. The Kier molecular flexibility index (Phi) is 3.71. The fourth-order valence-electron chi connectivity index (χ4n) is 2.90. The van der Waals surface area contributed by atoms with E-state index in [1.54, 1.807) is 11.3 Å². The molecule has 0 spiro atoms. The first-order valence-corrected chi connectivity index (χ1v) is 7.96. The summed E-state index contributed by atoms with van der Waals surface area (Å²) in [6, 6.07) is 4.23. The molecule has 0 amide bonds. The molecule has 1 aliphatic rings. The third-order valence-corrected chi connectivity index (χ3v) is 5.04. The van der Waals surface area contributed by atoms with Crippen molar-refractivity contribution in [2.75, 3.05) is 0 Å². The van der Waals surface area contributed by atoms with Crippen molar-refractivity contribution in [3.8, 4) is 10.6 Å². The van der Waals surface area contributed by atoms with Gasteiger partial charge in [-0.2, -0.15) is 5.10 Å². The second-order valence-corrected chi connectivity index (χ2v) is 6.67. The first-order chi connectivity index (χ1) is 9.27. The minimum atomic E-state index is 0.308. The maximum atomic E-state index is 4.21. The third kappa shape index (κ3) is 2.90. The predicted octanol–water partition coefficient (Wildman–Crippen LogP) is 3.95. The molecule has 1 saturated carbocycles. The van der Waals surface area contributed by atoms with Gasteiger partial charge in [0.25, 0.3) is 0 Å². The van der Waals surface area contributed by atoms with Gasteiger partial charge in [-0.1, -0.05) is 25.3 Å². The van der Waals surface area contributed by atoms with Crippen LogP contribution in [0.4, 0.5) is 0 Å².